The maximum Gasteiger partial charge on any atom is 0.317 e. The first kappa shape index (κ1) is 14.3. The summed E-state index contributed by atoms with van der Waals surface area (Å²) in [6.45, 7) is 3.09. The smallest absolute Gasteiger partial charge is 0.317 e. The zero-order valence-corrected chi connectivity index (χ0v) is 10.1. The maximum atomic E-state index is 11.0. The maximum absolute atomic E-state index is 11.0. The molecule has 0 amide bonds. The van der Waals surface area contributed by atoms with Gasteiger partial charge in [-0.3, -0.25) is 9.69 Å². The Balaban J connectivity index is 4.07. The molecule has 7 heteroatoms. The van der Waals surface area contributed by atoms with Crippen molar-refractivity contribution in [3.05, 3.63) is 0 Å². The molecule has 1 N–H and O–H groups in total. The molecule has 0 aromatic rings. The van der Waals surface area contributed by atoms with E-state index in [1.165, 1.54) is 11.4 Å². The van der Waals surface area contributed by atoms with E-state index in [9.17, 15) is 13.2 Å². The van der Waals surface area contributed by atoms with Crippen LogP contribution < -0.4 is 0 Å². The molecule has 6 nitrogen and oxygen atoms in total. The van der Waals surface area contributed by atoms with Crippen molar-refractivity contribution >= 4 is 16.0 Å². The third-order valence-electron chi connectivity index (χ3n) is 2.10. The van der Waals surface area contributed by atoms with Crippen molar-refractivity contribution < 1.29 is 18.3 Å². The molecule has 15 heavy (non-hydrogen) atoms. The van der Waals surface area contributed by atoms with Gasteiger partial charge in [-0.15, -0.1) is 0 Å². The number of hydrogen-bond acceptors (Lipinski definition) is 4. The largest absolute Gasteiger partial charge is 0.480 e. The van der Waals surface area contributed by atoms with E-state index in [2.05, 4.69) is 0 Å². The monoisotopic (exact) mass is 238 g/mol. The Morgan fingerprint density at radius 1 is 1.33 bits per heavy atom. The van der Waals surface area contributed by atoms with Crippen LogP contribution in [-0.2, 0) is 14.8 Å². The summed E-state index contributed by atoms with van der Waals surface area (Å²) >= 11 is 0. The second kappa shape index (κ2) is 6.04. The van der Waals surface area contributed by atoms with E-state index in [0.717, 1.165) is 6.26 Å². The molecule has 0 fully saturated rings. The predicted molar refractivity (Wildman–Crippen MR) is 57.2 cm³/mol. The summed E-state index contributed by atoms with van der Waals surface area (Å²) in [6, 6.07) is 0. The van der Waals surface area contributed by atoms with Gasteiger partial charge in [0, 0.05) is 20.1 Å². The Hall–Kier alpha value is -0.660. The molecule has 0 unspecified atom stereocenters. The van der Waals surface area contributed by atoms with Crippen molar-refractivity contribution in [2.45, 2.75) is 6.92 Å². The molecule has 0 spiro atoms. The third kappa shape index (κ3) is 6.43. The summed E-state index contributed by atoms with van der Waals surface area (Å²) in [5.41, 5.74) is 0. The minimum Gasteiger partial charge on any atom is -0.480 e. The van der Waals surface area contributed by atoms with E-state index in [4.69, 9.17) is 5.11 Å². The van der Waals surface area contributed by atoms with E-state index in [0.29, 0.717) is 19.6 Å². The van der Waals surface area contributed by atoms with Crippen LogP contribution in [0.4, 0.5) is 0 Å². The average Bonchev–Trinajstić information content (AvgIpc) is 2.09. The topological polar surface area (TPSA) is 77.9 Å². The zero-order chi connectivity index (χ0) is 12.1. The number of rotatable bonds is 7. The molecule has 0 aromatic heterocycles. The highest BCUT2D eigenvalue weighted by molar-refractivity contribution is 7.88. The van der Waals surface area contributed by atoms with Gasteiger partial charge in [0.2, 0.25) is 10.0 Å². The summed E-state index contributed by atoms with van der Waals surface area (Å²) in [5.74, 6) is -0.904. The van der Waals surface area contributed by atoms with E-state index < -0.39 is 16.0 Å². The van der Waals surface area contributed by atoms with E-state index in [-0.39, 0.29) is 6.54 Å². The SMILES string of the molecule is CCN(CCN(C)S(C)(=O)=O)CC(=O)O. The lowest BCUT2D eigenvalue weighted by Gasteiger charge is -2.21. The summed E-state index contributed by atoms with van der Waals surface area (Å²) in [6.07, 6.45) is 1.13. The molecule has 0 atom stereocenters. The minimum atomic E-state index is -3.18. The Bertz CT molecular complexity index is 302. The fourth-order valence-electron chi connectivity index (χ4n) is 0.988. The van der Waals surface area contributed by atoms with Gasteiger partial charge >= 0.3 is 5.97 Å². The third-order valence-corrected chi connectivity index (χ3v) is 3.42. The standard InChI is InChI=1S/C8H18N2O4S/c1-4-10(7-8(11)12)6-5-9(2)15(3,13)14/h4-7H2,1-3H3,(H,11,12). The number of carboxylic acids is 1. The fourth-order valence-corrected chi connectivity index (χ4v) is 1.40. The van der Waals surface area contributed by atoms with Crippen LogP contribution in [0.1, 0.15) is 6.92 Å². The second-order valence-electron chi connectivity index (χ2n) is 3.35. The Labute approximate surface area is 90.5 Å². The molecular weight excluding hydrogens is 220 g/mol. The van der Waals surface area contributed by atoms with E-state index in [1.807, 2.05) is 6.92 Å². The summed E-state index contributed by atoms with van der Waals surface area (Å²) < 4.78 is 23.3. The summed E-state index contributed by atoms with van der Waals surface area (Å²) in [5, 5.41) is 8.57. The molecule has 0 aliphatic carbocycles. The first-order valence-corrected chi connectivity index (χ1v) is 6.47. The van der Waals surface area contributed by atoms with Gasteiger partial charge in [0.1, 0.15) is 0 Å². The number of hydrogen-bond donors (Lipinski definition) is 1. The van der Waals surface area contributed by atoms with Crippen LogP contribution in [0.15, 0.2) is 0 Å². The Morgan fingerprint density at radius 2 is 1.87 bits per heavy atom. The normalized spacial score (nSPS) is 12.3. The van der Waals surface area contributed by atoms with Gasteiger partial charge in [-0.25, -0.2) is 12.7 Å². The molecule has 0 aromatic carbocycles. The lowest BCUT2D eigenvalue weighted by atomic mass is 10.4. The first-order chi connectivity index (χ1) is 6.77. The zero-order valence-electron chi connectivity index (χ0n) is 9.30. The molecule has 0 bridgehead atoms. The molecule has 0 radical (unpaired) electrons. The van der Waals surface area contributed by atoms with Crippen LogP contribution in [0.3, 0.4) is 0 Å². The van der Waals surface area contributed by atoms with Gasteiger partial charge in [0.15, 0.2) is 0 Å². The van der Waals surface area contributed by atoms with Gasteiger partial charge in [-0.2, -0.15) is 0 Å². The summed E-state index contributed by atoms with van der Waals surface area (Å²) in [7, 11) is -1.70. The molecule has 0 aliphatic rings. The lowest BCUT2D eigenvalue weighted by molar-refractivity contribution is -0.138. The second-order valence-corrected chi connectivity index (χ2v) is 5.44. The molecule has 0 saturated carbocycles. The van der Waals surface area contributed by atoms with Gasteiger partial charge < -0.3 is 5.11 Å². The highest BCUT2D eigenvalue weighted by Gasteiger charge is 2.13. The van der Waals surface area contributed by atoms with Crippen molar-refractivity contribution in [2.75, 3.05) is 39.5 Å². The molecule has 0 rings (SSSR count). The highest BCUT2D eigenvalue weighted by atomic mass is 32.2. The molecule has 0 heterocycles. The highest BCUT2D eigenvalue weighted by Crippen LogP contribution is 1.95. The number of likely N-dealkylation sites (N-methyl/N-ethyl adjacent to an activating group) is 2. The lowest BCUT2D eigenvalue weighted by Crippen LogP contribution is -2.38. The number of sulfonamides is 1. The van der Waals surface area contributed by atoms with E-state index >= 15 is 0 Å². The Morgan fingerprint density at radius 3 is 2.20 bits per heavy atom. The van der Waals surface area contributed by atoms with Crippen LogP contribution in [0, 0.1) is 0 Å². The van der Waals surface area contributed by atoms with Crippen molar-refractivity contribution in [3.8, 4) is 0 Å². The first-order valence-electron chi connectivity index (χ1n) is 4.62. The molecule has 0 aliphatic heterocycles. The Kier molecular flexibility index (Phi) is 5.77. The van der Waals surface area contributed by atoms with Crippen molar-refractivity contribution in [2.24, 2.45) is 0 Å². The van der Waals surface area contributed by atoms with Gasteiger partial charge in [-0.05, 0) is 6.54 Å². The number of aliphatic carboxylic acids is 1. The molecular formula is C8H18N2O4S. The van der Waals surface area contributed by atoms with Crippen molar-refractivity contribution in [3.63, 3.8) is 0 Å². The van der Waals surface area contributed by atoms with Crippen LogP contribution >= 0.6 is 0 Å². The van der Waals surface area contributed by atoms with Crippen molar-refractivity contribution in [1.82, 2.24) is 9.21 Å². The fraction of sp³-hybridized carbons (Fsp3) is 0.875. The van der Waals surface area contributed by atoms with Crippen LogP contribution in [0.25, 0.3) is 0 Å². The van der Waals surface area contributed by atoms with Crippen molar-refractivity contribution in [1.29, 1.82) is 0 Å². The van der Waals surface area contributed by atoms with Crippen LogP contribution in [0.2, 0.25) is 0 Å². The van der Waals surface area contributed by atoms with Gasteiger partial charge in [0.05, 0.1) is 12.8 Å². The predicted octanol–water partition coefficient (Wildman–Crippen LogP) is -0.716. The molecule has 0 saturated heterocycles. The van der Waals surface area contributed by atoms with E-state index in [1.54, 1.807) is 4.90 Å². The molecule has 90 valence electrons. The van der Waals surface area contributed by atoms with Crippen LogP contribution in [0.5, 0.6) is 0 Å². The minimum absolute atomic E-state index is 0.0614. The number of nitrogens with zero attached hydrogens (tertiary/aromatic N) is 2. The van der Waals surface area contributed by atoms with Crippen LogP contribution in [-0.4, -0.2) is 68.2 Å². The quantitative estimate of drug-likeness (QED) is 0.633. The summed E-state index contributed by atoms with van der Waals surface area (Å²) in [4.78, 5) is 12.1. The number of carboxylic acid groups (broad SMARTS) is 1. The average molecular weight is 238 g/mol. The van der Waals surface area contributed by atoms with Gasteiger partial charge in [-0.1, -0.05) is 6.92 Å². The van der Waals surface area contributed by atoms with Gasteiger partial charge in [0.25, 0.3) is 0 Å². The number of carbonyl (C=O) groups is 1.